The monoisotopic (exact) mass is 482 g/mol. The molecule has 1 saturated carbocycles. The lowest BCUT2D eigenvalue weighted by Gasteiger charge is -2.36. The fraction of sp³-hybridized carbons (Fsp3) is 0.520. The Morgan fingerprint density at radius 3 is 2.55 bits per heavy atom. The Bertz CT molecular complexity index is 1200. The van der Waals surface area contributed by atoms with Gasteiger partial charge in [-0.05, 0) is 55.7 Å². The van der Waals surface area contributed by atoms with Gasteiger partial charge in [-0.2, -0.15) is 0 Å². The van der Waals surface area contributed by atoms with E-state index < -0.39 is 0 Å². The number of piperidine rings is 1. The largest absolute Gasteiger partial charge is 0.355 e. The molecule has 0 spiro atoms. The van der Waals surface area contributed by atoms with Gasteiger partial charge in [-0.1, -0.05) is 56.7 Å². The van der Waals surface area contributed by atoms with Gasteiger partial charge >= 0.3 is 0 Å². The fourth-order valence-corrected chi connectivity index (χ4v) is 6.97. The number of aromatic nitrogens is 2. The summed E-state index contributed by atoms with van der Waals surface area (Å²) >= 11 is 6.89. The number of anilines is 1. The molecule has 0 bridgehead atoms. The molecule has 1 amide bonds. The van der Waals surface area contributed by atoms with E-state index in [2.05, 4.69) is 18.7 Å². The second kappa shape index (κ2) is 8.87. The zero-order chi connectivity index (χ0) is 23.3. The van der Waals surface area contributed by atoms with Crippen LogP contribution in [0.1, 0.15) is 57.1 Å². The van der Waals surface area contributed by atoms with Crippen LogP contribution in [-0.2, 0) is 4.79 Å². The van der Waals surface area contributed by atoms with Gasteiger partial charge < -0.3 is 4.90 Å². The molecule has 2 saturated heterocycles. The first-order valence-corrected chi connectivity index (χ1v) is 13.1. The van der Waals surface area contributed by atoms with Crippen molar-refractivity contribution in [2.24, 2.45) is 11.8 Å². The van der Waals surface area contributed by atoms with Crippen molar-refractivity contribution >= 4 is 51.7 Å². The van der Waals surface area contributed by atoms with Crippen LogP contribution in [0.5, 0.6) is 0 Å². The van der Waals surface area contributed by atoms with E-state index in [0.29, 0.717) is 38.1 Å². The molecule has 5 rings (SSSR count). The van der Waals surface area contributed by atoms with Gasteiger partial charge in [0.25, 0.3) is 11.5 Å². The summed E-state index contributed by atoms with van der Waals surface area (Å²) in [5.41, 5.74) is 1.95. The predicted octanol–water partition coefficient (Wildman–Crippen LogP) is 4.63. The van der Waals surface area contributed by atoms with Crippen molar-refractivity contribution in [3.8, 4) is 0 Å². The summed E-state index contributed by atoms with van der Waals surface area (Å²) < 4.78 is 2.20. The molecule has 2 atom stereocenters. The number of carbonyl (C=O) groups excluding carboxylic acids is 1. The van der Waals surface area contributed by atoms with Gasteiger partial charge in [0.2, 0.25) is 0 Å². The van der Waals surface area contributed by atoms with Crippen molar-refractivity contribution in [1.29, 1.82) is 0 Å². The minimum atomic E-state index is -0.143. The maximum absolute atomic E-state index is 13.7. The van der Waals surface area contributed by atoms with Gasteiger partial charge in [-0.25, -0.2) is 4.98 Å². The molecule has 1 aliphatic carbocycles. The highest BCUT2D eigenvalue weighted by atomic mass is 32.2. The number of thiocarbonyl (C=S) groups is 1. The fourth-order valence-electron chi connectivity index (χ4n) is 5.59. The molecular formula is C25H30N4O2S2. The van der Waals surface area contributed by atoms with Crippen molar-refractivity contribution in [3.05, 3.63) is 44.7 Å². The number of rotatable bonds is 3. The molecule has 3 fully saturated rings. The number of nitrogens with zero attached hydrogens (tertiary/aromatic N) is 4. The Balaban J connectivity index is 1.64. The van der Waals surface area contributed by atoms with E-state index in [0.717, 1.165) is 50.8 Å². The van der Waals surface area contributed by atoms with Crippen LogP contribution in [0.15, 0.2) is 28.0 Å². The molecule has 6 nitrogen and oxygen atoms in total. The number of hydrogen-bond acceptors (Lipinski definition) is 6. The van der Waals surface area contributed by atoms with Crippen molar-refractivity contribution in [1.82, 2.24) is 14.3 Å². The molecule has 0 unspecified atom stereocenters. The predicted molar refractivity (Wildman–Crippen MR) is 139 cm³/mol. The van der Waals surface area contributed by atoms with Crippen LogP contribution in [0, 0.1) is 18.8 Å². The summed E-state index contributed by atoms with van der Waals surface area (Å²) in [6.45, 7) is 8.16. The van der Waals surface area contributed by atoms with Gasteiger partial charge in [-0.3, -0.25) is 18.9 Å². The van der Waals surface area contributed by atoms with Crippen molar-refractivity contribution < 1.29 is 4.79 Å². The number of fused-ring (bicyclic) bond motifs is 1. The Morgan fingerprint density at radius 1 is 1.15 bits per heavy atom. The second-order valence-corrected chi connectivity index (χ2v) is 11.6. The molecule has 8 heteroatoms. The van der Waals surface area contributed by atoms with E-state index in [9.17, 15) is 9.59 Å². The number of carbonyl (C=O) groups is 1. The molecule has 174 valence electrons. The first kappa shape index (κ1) is 22.6. The maximum Gasteiger partial charge on any atom is 0.267 e. The Labute approximate surface area is 204 Å². The molecule has 2 aromatic heterocycles. The van der Waals surface area contributed by atoms with E-state index in [1.165, 1.54) is 11.8 Å². The van der Waals surface area contributed by atoms with Crippen LogP contribution in [-0.4, -0.2) is 43.6 Å². The summed E-state index contributed by atoms with van der Waals surface area (Å²) in [5, 5.41) is 0. The van der Waals surface area contributed by atoms with E-state index >= 15 is 0 Å². The quantitative estimate of drug-likeness (QED) is 0.470. The van der Waals surface area contributed by atoms with Crippen LogP contribution in [0.2, 0.25) is 0 Å². The SMILES string of the molecule is Cc1cccn2c(=O)c(/C=C3/SC(=S)N(C4CCCC4)C3=O)c(N3C[C@H](C)C[C@@H](C)C3)nc12. The molecule has 3 aliphatic rings. The number of pyridine rings is 1. The summed E-state index contributed by atoms with van der Waals surface area (Å²) in [7, 11) is 0. The second-order valence-electron chi connectivity index (χ2n) is 9.88. The van der Waals surface area contributed by atoms with E-state index in [4.69, 9.17) is 17.2 Å². The van der Waals surface area contributed by atoms with Gasteiger partial charge in [0.15, 0.2) is 0 Å². The highest BCUT2D eigenvalue weighted by Gasteiger charge is 2.38. The van der Waals surface area contributed by atoms with E-state index in [1.807, 2.05) is 19.1 Å². The summed E-state index contributed by atoms with van der Waals surface area (Å²) in [5.74, 6) is 1.63. The van der Waals surface area contributed by atoms with Crippen LogP contribution in [0.4, 0.5) is 5.82 Å². The molecule has 4 heterocycles. The lowest BCUT2D eigenvalue weighted by molar-refractivity contribution is -0.123. The van der Waals surface area contributed by atoms with Gasteiger partial charge in [-0.15, -0.1) is 0 Å². The van der Waals surface area contributed by atoms with Crippen molar-refractivity contribution in [2.75, 3.05) is 18.0 Å². The van der Waals surface area contributed by atoms with E-state index in [-0.39, 0.29) is 17.5 Å². The highest BCUT2D eigenvalue weighted by molar-refractivity contribution is 8.26. The highest BCUT2D eigenvalue weighted by Crippen LogP contribution is 2.38. The zero-order valence-corrected chi connectivity index (χ0v) is 21.0. The minimum absolute atomic E-state index is 0.0723. The summed E-state index contributed by atoms with van der Waals surface area (Å²) in [6, 6.07) is 4.02. The molecule has 0 aromatic carbocycles. The first-order chi connectivity index (χ1) is 15.8. The lowest BCUT2D eigenvalue weighted by atomic mass is 9.91. The third-order valence-corrected chi connectivity index (χ3v) is 8.35. The maximum atomic E-state index is 13.7. The number of hydrogen-bond donors (Lipinski definition) is 0. The van der Waals surface area contributed by atoms with Gasteiger partial charge in [0, 0.05) is 25.3 Å². The van der Waals surface area contributed by atoms with Gasteiger partial charge in [0.1, 0.15) is 15.8 Å². The smallest absolute Gasteiger partial charge is 0.267 e. The minimum Gasteiger partial charge on any atom is -0.355 e. The molecule has 0 N–H and O–H groups in total. The third-order valence-electron chi connectivity index (χ3n) is 7.02. The molecule has 33 heavy (non-hydrogen) atoms. The van der Waals surface area contributed by atoms with Gasteiger partial charge in [0.05, 0.1) is 10.5 Å². The Kier molecular flexibility index (Phi) is 6.07. The Hall–Kier alpha value is -2.19. The Morgan fingerprint density at radius 2 is 1.85 bits per heavy atom. The summed E-state index contributed by atoms with van der Waals surface area (Å²) in [4.78, 5) is 36.6. The summed E-state index contributed by atoms with van der Waals surface area (Å²) in [6.07, 6.45) is 8.91. The zero-order valence-electron chi connectivity index (χ0n) is 19.4. The molecule has 0 radical (unpaired) electrons. The topological polar surface area (TPSA) is 57.9 Å². The average molecular weight is 483 g/mol. The van der Waals surface area contributed by atoms with E-state index in [1.54, 1.807) is 21.6 Å². The normalized spacial score (nSPS) is 25.7. The van der Waals surface area contributed by atoms with Crippen molar-refractivity contribution in [2.45, 2.75) is 58.9 Å². The standard InChI is InChI=1S/C25H30N4O2S2/c1-15-11-16(2)14-27(13-15)22-19(23(30)28-10-6-7-17(3)21(28)26-22)12-20-24(31)29(25(32)33-20)18-8-4-5-9-18/h6-7,10,12,15-16,18H,4-5,8-9,11,13-14H2,1-3H3/b20-12+/t15-,16-/m1/s1. The molecular weight excluding hydrogens is 452 g/mol. The van der Waals surface area contributed by atoms with Crippen LogP contribution in [0.3, 0.4) is 0 Å². The molecule has 2 aromatic rings. The molecule has 2 aliphatic heterocycles. The van der Waals surface area contributed by atoms with Crippen LogP contribution in [0.25, 0.3) is 11.7 Å². The number of amides is 1. The van der Waals surface area contributed by atoms with Crippen molar-refractivity contribution in [3.63, 3.8) is 0 Å². The van der Waals surface area contributed by atoms with Crippen LogP contribution < -0.4 is 10.5 Å². The van der Waals surface area contributed by atoms with Crippen LogP contribution >= 0.6 is 24.0 Å². The average Bonchev–Trinajstić information content (AvgIpc) is 3.37. The number of thioether (sulfide) groups is 1. The third kappa shape index (κ3) is 4.12. The lowest BCUT2D eigenvalue weighted by Crippen LogP contribution is -2.41. The number of aryl methyl sites for hydroxylation is 1. The first-order valence-electron chi connectivity index (χ1n) is 11.9.